The molecule has 66 valence electrons. The smallest absolute Gasteiger partial charge is 0.305 e. The predicted molar refractivity (Wildman–Crippen MR) is 47.1 cm³/mol. The SMILES string of the molecule is COC(=O)CCCc1nccs1. The lowest BCUT2D eigenvalue weighted by atomic mass is 10.2. The van der Waals surface area contributed by atoms with Gasteiger partial charge in [-0.25, -0.2) is 4.98 Å². The average molecular weight is 185 g/mol. The van der Waals surface area contributed by atoms with Gasteiger partial charge in [0, 0.05) is 18.0 Å². The van der Waals surface area contributed by atoms with Crippen LogP contribution in [0.5, 0.6) is 0 Å². The largest absolute Gasteiger partial charge is 0.469 e. The van der Waals surface area contributed by atoms with Crippen molar-refractivity contribution in [3.05, 3.63) is 16.6 Å². The molecule has 0 spiro atoms. The van der Waals surface area contributed by atoms with Crippen LogP contribution in [0.2, 0.25) is 0 Å². The van der Waals surface area contributed by atoms with Gasteiger partial charge < -0.3 is 4.74 Å². The summed E-state index contributed by atoms with van der Waals surface area (Å²) in [6.45, 7) is 0. The minimum Gasteiger partial charge on any atom is -0.469 e. The molecule has 0 amide bonds. The van der Waals surface area contributed by atoms with Gasteiger partial charge >= 0.3 is 5.97 Å². The van der Waals surface area contributed by atoms with Gasteiger partial charge in [-0.3, -0.25) is 4.79 Å². The van der Waals surface area contributed by atoms with Gasteiger partial charge in [0.15, 0.2) is 0 Å². The number of aromatic nitrogens is 1. The zero-order valence-corrected chi connectivity index (χ0v) is 7.76. The molecule has 1 rings (SSSR count). The van der Waals surface area contributed by atoms with Gasteiger partial charge in [-0.1, -0.05) is 0 Å². The fraction of sp³-hybridized carbons (Fsp3) is 0.500. The van der Waals surface area contributed by atoms with Crippen LogP contribution in [0.3, 0.4) is 0 Å². The molecule has 0 radical (unpaired) electrons. The highest BCUT2D eigenvalue weighted by atomic mass is 32.1. The number of nitrogens with zero attached hydrogens (tertiary/aromatic N) is 1. The quantitative estimate of drug-likeness (QED) is 0.669. The van der Waals surface area contributed by atoms with Gasteiger partial charge in [0.2, 0.25) is 0 Å². The van der Waals surface area contributed by atoms with Crippen molar-refractivity contribution in [2.45, 2.75) is 19.3 Å². The average Bonchev–Trinajstić information content (AvgIpc) is 2.57. The maximum atomic E-state index is 10.7. The van der Waals surface area contributed by atoms with Crippen molar-refractivity contribution < 1.29 is 9.53 Å². The van der Waals surface area contributed by atoms with E-state index in [2.05, 4.69) is 9.72 Å². The topological polar surface area (TPSA) is 39.2 Å². The van der Waals surface area contributed by atoms with Crippen LogP contribution in [0.4, 0.5) is 0 Å². The number of hydrogen-bond donors (Lipinski definition) is 0. The molecule has 0 aromatic carbocycles. The summed E-state index contributed by atoms with van der Waals surface area (Å²) in [5, 5.41) is 3.02. The third-order valence-corrected chi connectivity index (χ3v) is 2.32. The molecule has 0 saturated heterocycles. The second-order valence-electron chi connectivity index (χ2n) is 2.36. The van der Waals surface area contributed by atoms with Gasteiger partial charge in [-0.15, -0.1) is 11.3 Å². The number of methoxy groups -OCH3 is 1. The second kappa shape index (κ2) is 4.87. The lowest BCUT2D eigenvalue weighted by Crippen LogP contribution is -2.00. The van der Waals surface area contributed by atoms with Crippen molar-refractivity contribution in [3.8, 4) is 0 Å². The van der Waals surface area contributed by atoms with E-state index in [1.165, 1.54) is 7.11 Å². The minimum atomic E-state index is -0.147. The molecule has 0 aliphatic rings. The summed E-state index contributed by atoms with van der Waals surface area (Å²) in [5.74, 6) is -0.147. The van der Waals surface area contributed by atoms with E-state index in [0.717, 1.165) is 17.8 Å². The van der Waals surface area contributed by atoms with Crippen molar-refractivity contribution >= 4 is 17.3 Å². The number of esters is 1. The monoisotopic (exact) mass is 185 g/mol. The Balaban J connectivity index is 2.15. The molecular weight excluding hydrogens is 174 g/mol. The van der Waals surface area contributed by atoms with E-state index in [1.807, 2.05) is 5.38 Å². The lowest BCUT2D eigenvalue weighted by Gasteiger charge is -1.96. The van der Waals surface area contributed by atoms with Crippen LogP contribution in [-0.2, 0) is 16.0 Å². The summed E-state index contributed by atoms with van der Waals surface area (Å²) >= 11 is 1.62. The first-order valence-corrected chi connectivity index (χ1v) is 4.66. The van der Waals surface area contributed by atoms with E-state index in [-0.39, 0.29) is 5.97 Å². The number of thiazole rings is 1. The number of ether oxygens (including phenoxy) is 1. The van der Waals surface area contributed by atoms with Crippen molar-refractivity contribution in [2.75, 3.05) is 7.11 Å². The summed E-state index contributed by atoms with van der Waals surface area (Å²) < 4.78 is 4.51. The Hall–Kier alpha value is -0.900. The standard InChI is InChI=1S/C8H11NO2S/c1-11-8(10)4-2-3-7-9-5-6-12-7/h5-6H,2-4H2,1H3. The fourth-order valence-corrected chi connectivity index (χ4v) is 1.53. The molecule has 0 bridgehead atoms. The normalized spacial score (nSPS) is 9.75. The molecule has 0 fully saturated rings. The van der Waals surface area contributed by atoms with E-state index >= 15 is 0 Å². The summed E-state index contributed by atoms with van der Waals surface area (Å²) in [7, 11) is 1.41. The van der Waals surface area contributed by atoms with Crippen molar-refractivity contribution in [3.63, 3.8) is 0 Å². The summed E-state index contributed by atoms with van der Waals surface area (Å²) in [6, 6.07) is 0. The zero-order chi connectivity index (χ0) is 8.81. The first kappa shape index (κ1) is 9.19. The maximum Gasteiger partial charge on any atom is 0.305 e. The van der Waals surface area contributed by atoms with Gasteiger partial charge in [-0.05, 0) is 12.8 Å². The van der Waals surface area contributed by atoms with E-state index in [4.69, 9.17) is 0 Å². The molecule has 0 atom stereocenters. The number of aryl methyl sites for hydroxylation is 1. The Morgan fingerprint density at radius 2 is 2.58 bits per heavy atom. The molecule has 1 aromatic heterocycles. The van der Waals surface area contributed by atoms with E-state index < -0.39 is 0 Å². The van der Waals surface area contributed by atoms with Crippen LogP contribution in [-0.4, -0.2) is 18.1 Å². The van der Waals surface area contributed by atoms with Gasteiger partial charge in [0.1, 0.15) is 0 Å². The molecule has 1 aromatic rings. The highest BCUT2D eigenvalue weighted by molar-refractivity contribution is 7.09. The van der Waals surface area contributed by atoms with E-state index in [1.54, 1.807) is 17.5 Å². The number of carbonyl (C=O) groups is 1. The summed E-state index contributed by atoms with van der Waals surface area (Å²) in [4.78, 5) is 14.8. The highest BCUT2D eigenvalue weighted by Crippen LogP contribution is 2.08. The molecular formula is C8H11NO2S. The predicted octanol–water partition coefficient (Wildman–Crippen LogP) is 1.64. The molecule has 12 heavy (non-hydrogen) atoms. The van der Waals surface area contributed by atoms with Crippen LogP contribution >= 0.6 is 11.3 Å². The molecule has 0 saturated carbocycles. The van der Waals surface area contributed by atoms with Crippen molar-refractivity contribution in [1.29, 1.82) is 0 Å². The first-order valence-electron chi connectivity index (χ1n) is 3.78. The van der Waals surface area contributed by atoms with Gasteiger partial charge in [0.05, 0.1) is 12.1 Å². The van der Waals surface area contributed by atoms with Crippen LogP contribution in [0.15, 0.2) is 11.6 Å². The number of carbonyl (C=O) groups excluding carboxylic acids is 1. The van der Waals surface area contributed by atoms with Crippen LogP contribution < -0.4 is 0 Å². The molecule has 0 N–H and O–H groups in total. The Morgan fingerprint density at radius 1 is 1.75 bits per heavy atom. The van der Waals surface area contributed by atoms with E-state index in [9.17, 15) is 4.79 Å². The third kappa shape index (κ3) is 3.00. The lowest BCUT2D eigenvalue weighted by molar-refractivity contribution is -0.140. The third-order valence-electron chi connectivity index (χ3n) is 1.48. The number of hydrogen-bond acceptors (Lipinski definition) is 4. The molecule has 3 nitrogen and oxygen atoms in total. The minimum absolute atomic E-state index is 0.147. The molecule has 0 aliphatic carbocycles. The molecule has 0 aliphatic heterocycles. The van der Waals surface area contributed by atoms with Gasteiger partial charge in [0.25, 0.3) is 0 Å². The highest BCUT2D eigenvalue weighted by Gasteiger charge is 2.01. The Bertz CT molecular complexity index is 233. The maximum absolute atomic E-state index is 10.7. The van der Waals surface area contributed by atoms with Crippen LogP contribution in [0.25, 0.3) is 0 Å². The van der Waals surface area contributed by atoms with Crippen LogP contribution in [0.1, 0.15) is 17.8 Å². The summed E-state index contributed by atoms with van der Waals surface area (Å²) in [6.07, 6.45) is 3.95. The van der Waals surface area contributed by atoms with Crippen molar-refractivity contribution in [1.82, 2.24) is 4.98 Å². The zero-order valence-electron chi connectivity index (χ0n) is 6.95. The van der Waals surface area contributed by atoms with E-state index in [0.29, 0.717) is 6.42 Å². The number of rotatable bonds is 4. The Morgan fingerprint density at radius 3 is 3.17 bits per heavy atom. The second-order valence-corrected chi connectivity index (χ2v) is 3.33. The molecule has 4 heteroatoms. The summed E-state index contributed by atoms with van der Waals surface area (Å²) in [5.41, 5.74) is 0. The van der Waals surface area contributed by atoms with Crippen LogP contribution in [0, 0.1) is 0 Å². The Labute approximate surface area is 75.4 Å². The molecule has 1 heterocycles. The Kier molecular flexibility index (Phi) is 3.73. The fourth-order valence-electron chi connectivity index (χ4n) is 0.862. The molecule has 0 unspecified atom stereocenters. The van der Waals surface area contributed by atoms with Crippen molar-refractivity contribution in [2.24, 2.45) is 0 Å². The van der Waals surface area contributed by atoms with Gasteiger partial charge in [-0.2, -0.15) is 0 Å². The first-order chi connectivity index (χ1) is 5.83.